The minimum Gasteiger partial charge on any atom is -0.330 e. The number of hydrogen-bond donors (Lipinski definition) is 1. The second-order valence-electron chi connectivity index (χ2n) is 5.36. The maximum Gasteiger partial charge on any atom is 0.244 e. The summed E-state index contributed by atoms with van der Waals surface area (Å²) >= 11 is 0. The number of nitrogens with one attached hydrogen (secondary N) is 1. The highest BCUT2D eigenvalue weighted by Gasteiger charge is 2.24. The molecule has 0 saturated heterocycles. The van der Waals surface area contributed by atoms with Crippen molar-refractivity contribution in [2.45, 2.75) is 19.8 Å². The van der Waals surface area contributed by atoms with E-state index in [-0.39, 0.29) is 5.91 Å². The van der Waals surface area contributed by atoms with Gasteiger partial charge in [0.2, 0.25) is 5.91 Å². The van der Waals surface area contributed by atoms with Crippen molar-refractivity contribution in [1.29, 1.82) is 0 Å². The molecule has 1 aliphatic heterocycles. The van der Waals surface area contributed by atoms with Crippen LogP contribution in [0.2, 0.25) is 0 Å². The Labute approximate surface area is 119 Å². The largest absolute Gasteiger partial charge is 0.330 e. The molecule has 3 rings (SSSR count). The summed E-state index contributed by atoms with van der Waals surface area (Å²) in [6.45, 7) is 4.71. The van der Waals surface area contributed by atoms with E-state index in [0.29, 0.717) is 12.5 Å². The molecular formula is C17H18N2O. The molecule has 0 aromatic heterocycles. The SMILES string of the molecule is CC(C)c1ccccc1N1CC(=O)Nc2ccccc21. The molecule has 0 saturated carbocycles. The van der Waals surface area contributed by atoms with Gasteiger partial charge in [0.1, 0.15) is 6.54 Å². The average Bonchev–Trinajstić information content (AvgIpc) is 2.46. The molecule has 2 aromatic carbocycles. The third-order valence-electron chi connectivity index (χ3n) is 3.62. The van der Waals surface area contributed by atoms with Gasteiger partial charge in [-0.1, -0.05) is 44.2 Å². The summed E-state index contributed by atoms with van der Waals surface area (Å²) in [5.74, 6) is 0.450. The molecule has 0 unspecified atom stereocenters. The van der Waals surface area contributed by atoms with Crippen LogP contribution in [0, 0.1) is 0 Å². The van der Waals surface area contributed by atoms with Crippen molar-refractivity contribution in [2.75, 3.05) is 16.8 Å². The van der Waals surface area contributed by atoms with Crippen molar-refractivity contribution in [1.82, 2.24) is 0 Å². The lowest BCUT2D eigenvalue weighted by atomic mass is 9.99. The van der Waals surface area contributed by atoms with Crippen molar-refractivity contribution in [3.8, 4) is 0 Å². The molecule has 0 aliphatic carbocycles. The monoisotopic (exact) mass is 266 g/mol. The van der Waals surface area contributed by atoms with Gasteiger partial charge in [0.25, 0.3) is 0 Å². The highest BCUT2D eigenvalue weighted by atomic mass is 16.2. The molecule has 1 N–H and O–H groups in total. The van der Waals surface area contributed by atoms with E-state index in [4.69, 9.17) is 0 Å². The predicted octanol–water partition coefficient (Wildman–Crippen LogP) is 3.90. The Morgan fingerprint density at radius 2 is 1.65 bits per heavy atom. The molecule has 0 bridgehead atoms. The Balaban J connectivity index is 2.13. The van der Waals surface area contributed by atoms with Crippen LogP contribution in [0.5, 0.6) is 0 Å². The Hall–Kier alpha value is -2.29. The lowest BCUT2D eigenvalue weighted by Gasteiger charge is -2.33. The second kappa shape index (κ2) is 5.00. The number of anilines is 3. The van der Waals surface area contributed by atoms with E-state index in [1.807, 2.05) is 30.3 Å². The zero-order valence-electron chi connectivity index (χ0n) is 11.8. The number of amides is 1. The van der Waals surface area contributed by atoms with Crippen LogP contribution < -0.4 is 10.2 Å². The maximum atomic E-state index is 11.9. The van der Waals surface area contributed by atoms with Gasteiger partial charge in [0.05, 0.1) is 11.4 Å². The lowest BCUT2D eigenvalue weighted by Crippen LogP contribution is -2.35. The maximum absolute atomic E-state index is 11.9. The molecular weight excluding hydrogens is 248 g/mol. The first-order valence-corrected chi connectivity index (χ1v) is 6.92. The van der Waals surface area contributed by atoms with Gasteiger partial charge in [-0.2, -0.15) is 0 Å². The molecule has 102 valence electrons. The molecule has 0 atom stereocenters. The van der Waals surface area contributed by atoms with Crippen molar-refractivity contribution in [3.05, 3.63) is 54.1 Å². The minimum atomic E-state index is 0.0299. The topological polar surface area (TPSA) is 32.3 Å². The first-order valence-electron chi connectivity index (χ1n) is 6.92. The van der Waals surface area contributed by atoms with Crippen molar-refractivity contribution in [3.63, 3.8) is 0 Å². The molecule has 20 heavy (non-hydrogen) atoms. The molecule has 3 nitrogen and oxygen atoms in total. The van der Waals surface area contributed by atoms with E-state index in [1.165, 1.54) is 5.56 Å². The van der Waals surface area contributed by atoms with Crippen molar-refractivity contribution >= 4 is 23.0 Å². The molecule has 1 aliphatic rings. The molecule has 2 aromatic rings. The lowest BCUT2D eigenvalue weighted by molar-refractivity contribution is -0.115. The Morgan fingerprint density at radius 1 is 1.00 bits per heavy atom. The zero-order chi connectivity index (χ0) is 14.1. The number of nitrogens with zero attached hydrogens (tertiary/aromatic N) is 1. The summed E-state index contributed by atoms with van der Waals surface area (Å²) in [6.07, 6.45) is 0. The Bertz CT molecular complexity index is 649. The normalized spacial score (nSPS) is 14.2. The number of hydrogen-bond acceptors (Lipinski definition) is 2. The molecule has 0 radical (unpaired) electrons. The smallest absolute Gasteiger partial charge is 0.244 e. The first kappa shape index (κ1) is 12.7. The fraction of sp³-hybridized carbons (Fsp3) is 0.235. The van der Waals surface area contributed by atoms with Gasteiger partial charge in [-0.05, 0) is 29.7 Å². The Kier molecular flexibility index (Phi) is 3.18. The van der Waals surface area contributed by atoms with Gasteiger partial charge in [0, 0.05) is 5.69 Å². The van der Waals surface area contributed by atoms with E-state index < -0.39 is 0 Å². The van der Waals surface area contributed by atoms with Crippen LogP contribution in [0.1, 0.15) is 25.3 Å². The minimum absolute atomic E-state index is 0.0299. The van der Waals surface area contributed by atoms with Gasteiger partial charge in [-0.25, -0.2) is 0 Å². The standard InChI is InChI=1S/C17H18N2O/c1-12(2)13-7-3-5-9-15(13)19-11-17(20)18-14-8-4-6-10-16(14)19/h3-10,12H,11H2,1-2H3,(H,18,20). The summed E-state index contributed by atoms with van der Waals surface area (Å²) < 4.78 is 0. The van der Waals surface area contributed by atoms with Gasteiger partial charge in [0.15, 0.2) is 0 Å². The number of rotatable bonds is 2. The highest BCUT2D eigenvalue weighted by Crippen LogP contribution is 2.38. The van der Waals surface area contributed by atoms with E-state index in [9.17, 15) is 4.79 Å². The number of benzene rings is 2. The van der Waals surface area contributed by atoms with Crippen molar-refractivity contribution < 1.29 is 4.79 Å². The number of para-hydroxylation sites is 3. The highest BCUT2D eigenvalue weighted by molar-refractivity contribution is 6.03. The zero-order valence-corrected chi connectivity index (χ0v) is 11.8. The van der Waals surface area contributed by atoms with Crippen LogP contribution in [0.4, 0.5) is 17.1 Å². The van der Waals surface area contributed by atoms with Crippen LogP contribution in [-0.2, 0) is 4.79 Å². The van der Waals surface area contributed by atoms with Crippen molar-refractivity contribution in [2.24, 2.45) is 0 Å². The van der Waals surface area contributed by atoms with E-state index >= 15 is 0 Å². The van der Waals surface area contributed by atoms with Crippen LogP contribution in [0.3, 0.4) is 0 Å². The summed E-state index contributed by atoms with van der Waals surface area (Å²) in [6, 6.07) is 16.2. The number of carbonyl (C=O) groups excluding carboxylic acids is 1. The molecule has 0 fully saturated rings. The number of fused-ring (bicyclic) bond motifs is 1. The van der Waals surface area contributed by atoms with E-state index in [2.05, 4.69) is 42.3 Å². The third-order valence-corrected chi connectivity index (χ3v) is 3.62. The molecule has 3 heteroatoms. The van der Waals surface area contributed by atoms with Gasteiger partial charge in [-0.15, -0.1) is 0 Å². The van der Waals surface area contributed by atoms with Gasteiger partial charge >= 0.3 is 0 Å². The number of carbonyl (C=O) groups is 1. The molecule has 0 spiro atoms. The fourth-order valence-corrected chi connectivity index (χ4v) is 2.67. The molecule has 1 heterocycles. The van der Waals surface area contributed by atoms with Crippen LogP contribution in [0.25, 0.3) is 0 Å². The average molecular weight is 266 g/mol. The summed E-state index contributed by atoms with van der Waals surface area (Å²) in [5, 5.41) is 2.93. The second-order valence-corrected chi connectivity index (χ2v) is 5.36. The Morgan fingerprint density at radius 3 is 2.40 bits per heavy atom. The van der Waals surface area contributed by atoms with Crippen LogP contribution in [-0.4, -0.2) is 12.5 Å². The van der Waals surface area contributed by atoms with Gasteiger partial charge < -0.3 is 10.2 Å². The van der Waals surface area contributed by atoms with E-state index in [1.54, 1.807) is 0 Å². The third kappa shape index (κ3) is 2.16. The predicted molar refractivity (Wildman–Crippen MR) is 82.6 cm³/mol. The fourth-order valence-electron chi connectivity index (χ4n) is 2.67. The summed E-state index contributed by atoms with van der Waals surface area (Å²) in [7, 11) is 0. The molecule has 1 amide bonds. The van der Waals surface area contributed by atoms with Gasteiger partial charge in [-0.3, -0.25) is 4.79 Å². The quantitative estimate of drug-likeness (QED) is 0.894. The summed E-state index contributed by atoms with van der Waals surface area (Å²) in [4.78, 5) is 14.0. The van der Waals surface area contributed by atoms with Crippen LogP contribution >= 0.6 is 0 Å². The van der Waals surface area contributed by atoms with Crippen LogP contribution in [0.15, 0.2) is 48.5 Å². The van der Waals surface area contributed by atoms with E-state index in [0.717, 1.165) is 17.1 Å². The first-order chi connectivity index (χ1) is 9.66. The summed E-state index contributed by atoms with van der Waals surface area (Å²) in [5.41, 5.74) is 4.31.